The molecule has 9 nitrogen and oxygen atoms in total. The lowest BCUT2D eigenvalue weighted by atomic mass is 9.82. The zero-order chi connectivity index (χ0) is 26.2. The van der Waals surface area contributed by atoms with E-state index in [1.54, 1.807) is 18.2 Å². The standard InChI is InChI=1S/C25H34O9Si/c1-15(26)31-17-10-8-16(12-18(17)30-5)9-11-21(27)33-22-19-13-25(29,23(28)32-19)14-20(22)34-35(6,7)24(2,3)4/h8-12,19-20,22,29H,13-14H2,1-7H3/b11-9+/t19-,20-,22+,25-/m1/s1. The molecular weight excluding hydrogens is 472 g/mol. The van der Waals surface area contributed by atoms with Crippen molar-refractivity contribution in [3.05, 3.63) is 29.8 Å². The molecule has 2 bridgehead atoms. The first-order valence-electron chi connectivity index (χ1n) is 11.5. The van der Waals surface area contributed by atoms with E-state index in [9.17, 15) is 19.5 Å². The molecule has 1 heterocycles. The predicted octanol–water partition coefficient (Wildman–Crippen LogP) is 3.39. The molecule has 0 aromatic heterocycles. The molecule has 1 saturated carbocycles. The fraction of sp³-hybridized carbons (Fsp3) is 0.560. The Labute approximate surface area is 206 Å². The molecule has 1 saturated heterocycles. The Kier molecular flexibility index (Phi) is 7.49. The lowest BCUT2D eigenvalue weighted by Gasteiger charge is -2.44. The highest BCUT2D eigenvalue weighted by atomic mass is 28.4. The van der Waals surface area contributed by atoms with Gasteiger partial charge in [0.25, 0.3) is 0 Å². The highest BCUT2D eigenvalue weighted by molar-refractivity contribution is 6.74. The first-order chi connectivity index (χ1) is 16.1. The van der Waals surface area contributed by atoms with E-state index in [2.05, 4.69) is 33.9 Å². The molecule has 1 aliphatic heterocycles. The summed E-state index contributed by atoms with van der Waals surface area (Å²) in [5.74, 6) is -1.22. The Bertz CT molecular complexity index is 1030. The van der Waals surface area contributed by atoms with E-state index in [4.69, 9.17) is 23.4 Å². The smallest absolute Gasteiger partial charge is 0.338 e. The summed E-state index contributed by atoms with van der Waals surface area (Å²) in [6.07, 6.45) is 0.551. The number of methoxy groups -OCH3 is 1. The van der Waals surface area contributed by atoms with E-state index in [0.29, 0.717) is 11.3 Å². The van der Waals surface area contributed by atoms with Gasteiger partial charge in [-0.25, -0.2) is 9.59 Å². The maximum Gasteiger partial charge on any atom is 0.338 e. The minimum atomic E-state index is -2.31. The Morgan fingerprint density at radius 2 is 1.89 bits per heavy atom. The number of esters is 3. The Hall–Kier alpha value is -2.69. The van der Waals surface area contributed by atoms with Crippen molar-refractivity contribution in [2.24, 2.45) is 0 Å². The molecular formula is C25H34O9Si. The monoisotopic (exact) mass is 506 g/mol. The molecule has 1 aromatic carbocycles. The summed E-state index contributed by atoms with van der Waals surface area (Å²) in [6.45, 7) is 11.6. The van der Waals surface area contributed by atoms with Crippen LogP contribution in [0.2, 0.25) is 18.1 Å². The van der Waals surface area contributed by atoms with Crippen LogP contribution in [0.25, 0.3) is 6.08 Å². The van der Waals surface area contributed by atoms with E-state index in [0.717, 1.165) is 0 Å². The lowest BCUT2D eigenvalue weighted by Crippen LogP contribution is -2.56. The van der Waals surface area contributed by atoms with Crippen LogP contribution in [0.3, 0.4) is 0 Å². The third kappa shape index (κ3) is 5.94. The molecule has 1 aromatic rings. The van der Waals surface area contributed by atoms with Crippen LogP contribution < -0.4 is 9.47 Å². The predicted molar refractivity (Wildman–Crippen MR) is 129 cm³/mol. The van der Waals surface area contributed by atoms with Crippen molar-refractivity contribution in [1.82, 2.24) is 0 Å². The Balaban J connectivity index is 1.77. The van der Waals surface area contributed by atoms with Gasteiger partial charge in [-0.3, -0.25) is 4.79 Å². The second kappa shape index (κ2) is 9.75. The number of carbonyl (C=O) groups excluding carboxylic acids is 3. The van der Waals surface area contributed by atoms with Crippen molar-refractivity contribution >= 4 is 32.3 Å². The average molecular weight is 507 g/mol. The average Bonchev–Trinajstić information content (AvgIpc) is 2.98. The summed E-state index contributed by atoms with van der Waals surface area (Å²) in [5, 5.41) is 10.6. The van der Waals surface area contributed by atoms with Crippen LogP contribution in [0.15, 0.2) is 24.3 Å². The highest BCUT2D eigenvalue weighted by Gasteiger charge is 2.60. The zero-order valence-corrected chi connectivity index (χ0v) is 22.2. The van der Waals surface area contributed by atoms with Crippen molar-refractivity contribution in [3.8, 4) is 11.5 Å². The van der Waals surface area contributed by atoms with E-state index in [1.807, 2.05) is 0 Å². The largest absolute Gasteiger partial charge is 0.493 e. The number of fused-ring (bicyclic) bond motifs is 2. The van der Waals surface area contributed by atoms with Gasteiger partial charge in [0.05, 0.1) is 13.2 Å². The minimum absolute atomic E-state index is 0.00527. The van der Waals surface area contributed by atoms with E-state index in [1.165, 1.54) is 26.2 Å². The SMILES string of the molecule is COc1cc(/C=C/C(=O)O[C@H]2[C@H]3C[C@@](O)(C[C@H]2O[Si](C)(C)C(C)(C)C)C(=O)O3)ccc1OC(C)=O. The normalized spacial score (nSPS) is 26.4. The summed E-state index contributed by atoms with van der Waals surface area (Å²) in [5.41, 5.74) is -1.01. The molecule has 10 heteroatoms. The molecule has 0 amide bonds. The van der Waals surface area contributed by atoms with Gasteiger partial charge in [0.1, 0.15) is 6.10 Å². The third-order valence-corrected chi connectivity index (χ3v) is 11.3. The van der Waals surface area contributed by atoms with Gasteiger partial charge in [0.15, 0.2) is 31.5 Å². The van der Waals surface area contributed by atoms with Crippen LogP contribution in [0.1, 0.15) is 46.1 Å². The maximum atomic E-state index is 12.7. The molecule has 1 aliphatic carbocycles. The fourth-order valence-electron chi connectivity index (χ4n) is 3.92. The van der Waals surface area contributed by atoms with Gasteiger partial charge < -0.3 is 28.5 Å². The number of rotatable bonds is 7. The number of ether oxygens (including phenoxy) is 4. The number of aliphatic hydroxyl groups is 1. The Morgan fingerprint density at radius 3 is 2.49 bits per heavy atom. The maximum absolute atomic E-state index is 12.7. The summed E-state index contributed by atoms with van der Waals surface area (Å²) in [7, 11) is -0.863. The number of hydrogen-bond donors (Lipinski definition) is 1. The zero-order valence-electron chi connectivity index (χ0n) is 21.2. The van der Waals surface area contributed by atoms with Gasteiger partial charge in [0, 0.05) is 25.8 Å². The minimum Gasteiger partial charge on any atom is -0.493 e. The van der Waals surface area contributed by atoms with Gasteiger partial charge in [0.2, 0.25) is 0 Å². The molecule has 0 spiro atoms. The van der Waals surface area contributed by atoms with Crippen LogP contribution >= 0.6 is 0 Å². The van der Waals surface area contributed by atoms with E-state index in [-0.39, 0.29) is 23.6 Å². The molecule has 4 atom stereocenters. The molecule has 1 N–H and O–H groups in total. The summed E-state index contributed by atoms with van der Waals surface area (Å²) < 4.78 is 27.9. The summed E-state index contributed by atoms with van der Waals surface area (Å²) >= 11 is 0. The first-order valence-corrected chi connectivity index (χ1v) is 14.4. The van der Waals surface area contributed by atoms with Gasteiger partial charge >= 0.3 is 17.9 Å². The molecule has 2 fully saturated rings. The van der Waals surface area contributed by atoms with Crippen molar-refractivity contribution in [2.45, 2.75) is 82.6 Å². The van der Waals surface area contributed by atoms with Crippen LogP contribution in [0.4, 0.5) is 0 Å². The van der Waals surface area contributed by atoms with Crippen molar-refractivity contribution in [1.29, 1.82) is 0 Å². The van der Waals surface area contributed by atoms with Crippen molar-refractivity contribution in [3.63, 3.8) is 0 Å². The summed E-state index contributed by atoms with van der Waals surface area (Å²) in [6, 6.07) is 4.84. The van der Waals surface area contributed by atoms with Gasteiger partial charge in [-0.1, -0.05) is 26.8 Å². The van der Waals surface area contributed by atoms with Gasteiger partial charge in [-0.05, 0) is 41.9 Å². The topological polar surface area (TPSA) is 118 Å². The van der Waals surface area contributed by atoms with Crippen LogP contribution in [0.5, 0.6) is 11.5 Å². The molecule has 3 rings (SSSR count). The van der Waals surface area contributed by atoms with Crippen LogP contribution in [-0.2, 0) is 28.3 Å². The van der Waals surface area contributed by atoms with Gasteiger partial charge in [-0.15, -0.1) is 0 Å². The lowest BCUT2D eigenvalue weighted by molar-refractivity contribution is -0.163. The van der Waals surface area contributed by atoms with Crippen LogP contribution in [-0.4, -0.2) is 62.4 Å². The number of benzene rings is 1. The molecule has 0 unspecified atom stereocenters. The second-order valence-corrected chi connectivity index (χ2v) is 15.3. The number of hydrogen-bond acceptors (Lipinski definition) is 9. The van der Waals surface area contributed by atoms with E-state index < -0.39 is 50.1 Å². The van der Waals surface area contributed by atoms with Crippen molar-refractivity contribution < 1.29 is 42.9 Å². The highest BCUT2D eigenvalue weighted by Crippen LogP contribution is 2.44. The third-order valence-electron chi connectivity index (χ3n) is 6.81. The molecule has 192 valence electrons. The van der Waals surface area contributed by atoms with Crippen molar-refractivity contribution in [2.75, 3.05) is 7.11 Å². The molecule has 2 aliphatic rings. The van der Waals surface area contributed by atoms with Crippen LogP contribution in [0, 0.1) is 0 Å². The quantitative estimate of drug-likeness (QED) is 0.257. The van der Waals surface area contributed by atoms with Gasteiger partial charge in [-0.2, -0.15) is 0 Å². The second-order valence-electron chi connectivity index (χ2n) is 10.5. The summed E-state index contributed by atoms with van der Waals surface area (Å²) in [4.78, 5) is 36.2. The van der Waals surface area contributed by atoms with E-state index >= 15 is 0 Å². The fourth-order valence-corrected chi connectivity index (χ4v) is 5.25. The number of carbonyl (C=O) groups is 3. The first kappa shape index (κ1) is 26.9. The molecule has 35 heavy (non-hydrogen) atoms. The molecule has 0 radical (unpaired) electrons. The Morgan fingerprint density at radius 1 is 1.20 bits per heavy atom.